The topological polar surface area (TPSA) is 28.2 Å². The second-order valence-electron chi connectivity index (χ2n) is 6.27. The number of rotatable bonds is 8. The van der Waals surface area contributed by atoms with Crippen molar-refractivity contribution in [3.63, 3.8) is 0 Å². The van der Waals surface area contributed by atoms with Gasteiger partial charge in [-0.3, -0.25) is 4.98 Å². The van der Waals surface area contributed by atoms with Gasteiger partial charge in [0.2, 0.25) is 0 Å². The number of aromatic nitrogens is 1. The summed E-state index contributed by atoms with van der Waals surface area (Å²) in [5, 5.41) is 3.53. The van der Waals surface area contributed by atoms with Gasteiger partial charge in [0.1, 0.15) is 0 Å². The lowest BCUT2D eigenvalue weighted by Crippen LogP contribution is -2.30. The van der Waals surface area contributed by atoms with Crippen LogP contribution in [-0.2, 0) is 6.54 Å². The lowest BCUT2D eigenvalue weighted by atomic mass is 10.1. The molecule has 1 heterocycles. The minimum absolute atomic E-state index is 0.508. The first-order chi connectivity index (χ1) is 9.61. The first-order valence-electron chi connectivity index (χ1n) is 8.07. The third kappa shape index (κ3) is 4.20. The average Bonchev–Trinajstić information content (AvgIpc) is 3.22. The van der Waals surface area contributed by atoms with Gasteiger partial charge < -0.3 is 10.2 Å². The molecule has 3 heteroatoms. The first-order valence-corrected chi connectivity index (χ1v) is 8.07. The van der Waals surface area contributed by atoms with Crippen LogP contribution < -0.4 is 10.2 Å². The minimum Gasteiger partial charge on any atom is -0.368 e. The van der Waals surface area contributed by atoms with Crippen LogP contribution in [0.15, 0.2) is 12.3 Å². The van der Waals surface area contributed by atoms with E-state index in [1.54, 1.807) is 0 Å². The van der Waals surface area contributed by atoms with Crippen molar-refractivity contribution in [2.24, 2.45) is 0 Å². The molecule has 0 unspecified atom stereocenters. The van der Waals surface area contributed by atoms with Crippen LogP contribution in [0.25, 0.3) is 0 Å². The number of nitrogens with zero attached hydrogens (tertiary/aromatic N) is 2. The van der Waals surface area contributed by atoms with E-state index < -0.39 is 0 Å². The van der Waals surface area contributed by atoms with Gasteiger partial charge in [-0.15, -0.1) is 0 Å². The maximum atomic E-state index is 4.49. The number of hydrogen-bond donors (Lipinski definition) is 1. The third-order valence-electron chi connectivity index (χ3n) is 3.85. The summed E-state index contributed by atoms with van der Waals surface area (Å²) in [5.74, 6) is 0. The van der Waals surface area contributed by atoms with Crippen LogP contribution in [0.2, 0.25) is 0 Å². The van der Waals surface area contributed by atoms with Crippen LogP contribution in [0, 0.1) is 6.92 Å². The second kappa shape index (κ2) is 7.07. The van der Waals surface area contributed by atoms with Crippen molar-refractivity contribution in [1.82, 2.24) is 10.3 Å². The zero-order valence-electron chi connectivity index (χ0n) is 13.4. The van der Waals surface area contributed by atoms with Crippen molar-refractivity contribution in [2.45, 2.75) is 72.0 Å². The molecule has 1 fully saturated rings. The molecule has 0 aliphatic heterocycles. The van der Waals surface area contributed by atoms with Crippen molar-refractivity contribution in [1.29, 1.82) is 0 Å². The predicted molar refractivity (Wildman–Crippen MR) is 86.2 cm³/mol. The first kappa shape index (κ1) is 15.3. The molecule has 1 aromatic heterocycles. The maximum absolute atomic E-state index is 4.49. The summed E-state index contributed by atoms with van der Waals surface area (Å²) < 4.78 is 0. The van der Waals surface area contributed by atoms with Crippen LogP contribution >= 0.6 is 0 Å². The molecule has 0 amide bonds. The molecule has 1 aromatic rings. The quantitative estimate of drug-likeness (QED) is 0.785. The van der Waals surface area contributed by atoms with E-state index in [0.29, 0.717) is 6.04 Å². The van der Waals surface area contributed by atoms with Crippen molar-refractivity contribution in [2.75, 3.05) is 11.4 Å². The Morgan fingerprint density at radius 2 is 2.15 bits per heavy atom. The Balaban J connectivity index is 2.19. The summed E-state index contributed by atoms with van der Waals surface area (Å²) in [6.07, 6.45) is 7.29. The fourth-order valence-electron chi connectivity index (χ4n) is 2.51. The van der Waals surface area contributed by atoms with Crippen LogP contribution in [0.4, 0.5) is 5.69 Å². The molecule has 3 nitrogen and oxygen atoms in total. The van der Waals surface area contributed by atoms with Crippen LogP contribution in [-0.4, -0.2) is 23.6 Å². The Kier molecular flexibility index (Phi) is 5.41. The lowest BCUT2D eigenvalue weighted by Gasteiger charge is -2.27. The van der Waals surface area contributed by atoms with E-state index in [9.17, 15) is 0 Å². The molecule has 0 saturated heterocycles. The number of pyridine rings is 1. The monoisotopic (exact) mass is 275 g/mol. The van der Waals surface area contributed by atoms with Gasteiger partial charge in [0, 0.05) is 48.3 Å². The number of nitrogens with one attached hydrogen (secondary N) is 1. The fraction of sp³-hybridized carbons (Fsp3) is 0.706. The molecule has 0 atom stereocenters. The molecule has 1 N–H and O–H groups in total. The van der Waals surface area contributed by atoms with Crippen LogP contribution in [0.1, 0.15) is 57.7 Å². The molecule has 112 valence electrons. The molecular formula is C17H29N3. The van der Waals surface area contributed by atoms with E-state index in [2.05, 4.69) is 55.2 Å². The largest absolute Gasteiger partial charge is 0.368 e. The highest BCUT2D eigenvalue weighted by Gasteiger charge is 2.30. The van der Waals surface area contributed by atoms with Gasteiger partial charge in [0.15, 0.2) is 0 Å². The van der Waals surface area contributed by atoms with E-state index in [0.717, 1.165) is 18.3 Å². The average molecular weight is 275 g/mol. The highest BCUT2D eigenvalue weighted by Crippen LogP contribution is 2.34. The predicted octanol–water partition coefficient (Wildman–Crippen LogP) is 3.66. The smallest absolute Gasteiger partial charge is 0.0448 e. The van der Waals surface area contributed by atoms with E-state index in [1.807, 2.05) is 0 Å². The van der Waals surface area contributed by atoms with Crippen molar-refractivity contribution < 1.29 is 0 Å². The molecule has 0 spiro atoms. The van der Waals surface area contributed by atoms with Crippen LogP contribution in [0.5, 0.6) is 0 Å². The second-order valence-corrected chi connectivity index (χ2v) is 6.27. The van der Waals surface area contributed by atoms with Gasteiger partial charge in [-0.05, 0) is 32.3 Å². The molecule has 0 radical (unpaired) electrons. The van der Waals surface area contributed by atoms with Gasteiger partial charge >= 0.3 is 0 Å². The summed E-state index contributed by atoms with van der Waals surface area (Å²) in [6, 6.07) is 3.54. The summed E-state index contributed by atoms with van der Waals surface area (Å²) in [5.41, 5.74) is 3.87. The fourth-order valence-corrected chi connectivity index (χ4v) is 2.51. The van der Waals surface area contributed by atoms with E-state index in [1.165, 1.54) is 43.5 Å². The highest BCUT2D eigenvalue weighted by atomic mass is 15.2. The number of unbranched alkanes of at least 4 members (excludes halogenated alkanes) is 1. The molecule has 1 aliphatic carbocycles. The zero-order chi connectivity index (χ0) is 14.5. The third-order valence-corrected chi connectivity index (χ3v) is 3.85. The normalized spacial score (nSPS) is 14.8. The van der Waals surface area contributed by atoms with Crippen LogP contribution in [0.3, 0.4) is 0 Å². The highest BCUT2D eigenvalue weighted by molar-refractivity contribution is 5.55. The van der Waals surface area contributed by atoms with Crippen molar-refractivity contribution in [3.05, 3.63) is 23.5 Å². The van der Waals surface area contributed by atoms with Gasteiger partial charge in [-0.25, -0.2) is 0 Å². The summed E-state index contributed by atoms with van der Waals surface area (Å²) in [7, 11) is 0. The Bertz CT molecular complexity index is 424. The van der Waals surface area contributed by atoms with Crippen molar-refractivity contribution in [3.8, 4) is 0 Å². The minimum atomic E-state index is 0.508. The number of hydrogen-bond acceptors (Lipinski definition) is 3. The maximum Gasteiger partial charge on any atom is 0.0448 e. The van der Waals surface area contributed by atoms with Gasteiger partial charge in [0.05, 0.1) is 0 Å². The zero-order valence-corrected chi connectivity index (χ0v) is 13.4. The molecular weight excluding hydrogens is 246 g/mol. The molecule has 20 heavy (non-hydrogen) atoms. The van der Waals surface area contributed by atoms with E-state index in [4.69, 9.17) is 0 Å². The Morgan fingerprint density at radius 1 is 1.40 bits per heavy atom. The molecule has 0 aromatic carbocycles. The molecule has 1 aliphatic rings. The van der Waals surface area contributed by atoms with E-state index >= 15 is 0 Å². The number of anilines is 1. The number of aryl methyl sites for hydroxylation is 1. The Hall–Kier alpha value is -1.09. The van der Waals surface area contributed by atoms with Gasteiger partial charge in [0.25, 0.3) is 0 Å². The SMILES string of the molecule is CCCCN(c1cc(C)ncc1CNC(C)C)C1CC1. The Labute approximate surface area is 123 Å². The molecule has 1 saturated carbocycles. The lowest BCUT2D eigenvalue weighted by molar-refractivity contribution is 0.585. The van der Waals surface area contributed by atoms with E-state index in [-0.39, 0.29) is 0 Å². The summed E-state index contributed by atoms with van der Waals surface area (Å²) in [6.45, 7) is 10.8. The molecule has 0 bridgehead atoms. The molecule has 2 rings (SSSR count). The summed E-state index contributed by atoms with van der Waals surface area (Å²) >= 11 is 0. The van der Waals surface area contributed by atoms with Crippen molar-refractivity contribution >= 4 is 5.69 Å². The Morgan fingerprint density at radius 3 is 2.75 bits per heavy atom. The summed E-state index contributed by atoms with van der Waals surface area (Å²) in [4.78, 5) is 7.11. The van der Waals surface area contributed by atoms with Gasteiger partial charge in [-0.1, -0.05) is 27.2 Å². The standard InChI is InChI=1S/C17H29N3/c1-5-6-9-20(16-7-8-16)17-10-14(4)19-12-15(17)11-18-13(2)3/h10,12-13,16,18H,5-9,11H2,1-4H3. The van der Waals surface area contributed by atoms with Gasteiger partial charge in [-0.2, -0.15) is 0 Å².